The largest absolute Gasteiger partial charge is 0.481 e. The van der Waals surface area contributed by atoms with Gasteiger partial charge in [-0.2, -0.15) is 5.26 Å². The molecule has 0 saturated carbocycles. The maximum Gasteiger partial charge on any atom is 0.304 e. The van der Waals surface area contributed by atoms with E-state index in [-0.39, 0.29) is 12.5 Å². The van der Waals surface area contributed by atoms with Crippen LogP contribution in [0.25, 0.3) is 22.6 Å². The molecule has 10 nitrogen and oxygen atoms in total. The molecule has 0 spiro atoms. The number of nitrogens with zero attached hydrogens (tertiary/aromatic N) is 7. The second-order valence-electron chi connectivity index (χ2n) is 9.72. The van der Waals surface area contributed by atoms with Crippen molar-refractivity contribution in [3.05, 3.63) is 71.7 Å². The Morgan fingerprint density at radius 2 is 1.84 bits per heavy atom. The highest BCUT2D eigenvalue weighted by molar-refractivity contribution is 5.69. The molecule has 0 amide bonds. The summed E-state index contributed by atoms with van der Waals surface area (Å²) >= 11 is 0. The molecule has 0 saturated heterocycles. The minimum atomic E-state index is -0.868. The predicted molar refractivity (Wildman–Crippen MR) is 139 cm³/mol. The minimum Gasteiger partial charge on any atom is -0.481 e. The molecule has 0 aliphatic heterocycles. The normalized spacial score (nSPS) is 11.4. The Kier molecular flexibility index (Phi) is 7.25. The van der Waals surface area contributed by atoms with Crippen molar-refractivity contribution in [1.82, 2.24) is 29.9 Å². The highest BCUT2D eigenvalue weighted by atomic mass is 16.4. The summed E-state index contributed by atoms with van der Waals surface area (Å²) in [6, 6.07) is 16.9. The van der Waals surface area contributed by atoms with Crippen LogP contribution >= 0.6 is 0 Å². The summed E-state index contributed by atoms with van der Waals surface area (Å²) in [7, 11) is 0. The average Bonchev–Trinajstić information content (AvgIpc) is 3.31. The minimum absolute atomic E-state index is 0.0169. The number of hydrogen-bond donors (Lipinski definition) is 2. The predicted octanol–water partition coefficient (Wildman–Crippen LogP) is 4.29. The highest BCUT2D eigenvalue weighted by Gasteiger charge is 2.26. The summed E-state index contributed by atoms with van der Waals surface area (Å²) in [5, 5.41) is 30.3. The van der Waals surface area contributed by atoms with Crippen LogP contribution in [0.2, 0.25) is 0 Å². The van der Waals surface area contributed by atoms with Gasteiger partial charge < -0.3 is 10.4 Å². The van der Waals surface area contributed by atoms with Crippen molar-refractivity contribution in [2.45, 2.75) is 52.1 Å². The van der Waals surface area contributed by atoms with Gasteiger partial charge in [-0.25, -0.2) is 14.6 Å². The number of aliphatic carboxylic acids is 1. The third-order valence-electron chi connectivity index (χ3n) is 5.65. The van der Waals surface area contributed by atoms with Crippen LogP contribution in [0.5, 0.6) is 0 Å². The van der Waals surface area contributed by atoms with Crippen LogP contribution in [0.1, 0.15) is 51.1 Å². The van der Waals surface area contributed by atoms with E-state index in [0.717, 1.165) is 11.3 Å². The molecule has 0 unspecified atom stereocenters. The van der Waals surface area contributed by atoms with E-state index in [0.29, 0.717) is 40.8 Å². The SMILES string of the molecule is CC(C)Nc1nc(-c2cccc(C#N)c2)cc(-c2cn(Cc3cccc(C(C)(C)CC(=O)O)n3)nn2)n1. The fourth-order valence-corrected chi connectivity index (χ4v) is 3.87. The molecule has 0 atom stereocenters. The van der Waals surface area contributed by atoms with E-state index in [4.69, 9.17) is 0 Å². The number of hydrogen-bond acceptors (Lipinski definition) is 8. The van der Waals surface area contributed by atoms with Gasteiger partial charge in [0.15, 0.2) is 0 Å². The molecule has 37 heavy (non-hydrogen) atoms. The van der Waals surface area contributed by atoms with Gasteiger partial charge >= 0.3 is 5.97 Å². The fourth-order valence-electron chi connectivity index (χ4n) is 3.87. The number of pyridine rings is 1. The van der Waals surface area contributed by atoms with Gasteiger partial charge in [0.05, 0.1) is 47.9 Å². The van der Waals surface area contributed by atoms with Crippen molar-refractivity contribution in [1.29, 1.82) is 5.26 Å². The fraction of sp³-hybridized carbons (Fsp3) is 0.296. The van der Waals surface area contributed by atoms with E-state index in [1.807, 2.05) is 64.1 Å². The van der Waals surface area contributed by atoms with Crippen molar-refractivity contribution in [3.8, 4) is 28.7 Å². The molecule has 0 aliphatic rings. The zero-order valence-corrected chi connectivity index (χ0v) is 21.2. The van der Waals surface area contributed by atoms with Crippen molar-refractivity contribution >= 4 is 11.9 Å². The van der Waals surface area contributed by atoms with Crippen molar-refractivity contribution in [3.63, 3.8) is 0 Å². The van der Waals surface area contributed by atoms with E-state index in [9.17, 15) is 15.2 Å². The van der Waals surface area contributed by atoms with Crippen LogP contribution < -0.4 is 5.32 Å². The summed E-state index contributed by atoms with van der Waals surface area (Å²) in [6.45, 7) is 8.09. The lowest BCUT2D eigenvalue weighted by atomic mass is 9.85. The van der Waals surface area contributed by atoms with Crippen LogP contribution in [0.4, 0.5) is 5.95 Å². The molecule has 2 N–H and O–H groups in total. The van der Waals surface area contributed by atoms with Gasteiger partial charge in [-0.15, -0.1) is 5.10 Å². The Balaban J connectivity index is 1.64. The Bertz CT molecular complexity index is 1470. The first-order valence-corrected chi connectivity index (χ1v) is 11.9. The number of aromatic nitrogens is 6. The van der Waals surface area contributed by atoms with Crippen molar-refractivity contribution in [2.24, 2.45) is 0 Å². The summed E-state index contributed by atoms with van der Waals surface area (Å²) in [6.07, 6.45) is 1.77. The molecule has 0 radical (unpaired) electrons. The first-order valence-electron chi connectivity index (χ1n) is 11.9. The number of carboxylic acid groups (broad SMARTS) is 1. The van der Waals surface area contributed by atoms with Crippen molar-refractivity contribution in [2.75, 3.05) is 5.32 Å². The van der Waals surface area contributed by atoms with E-state index >= 15 is 0 Å². The second-order valence-corrected chi connectivity index (χ2v) is 9.72. The molecular weight excluding hydrogens is 468 g/mol. The molecule has 4 aromatic rings. The number of anilines is 1. The molecule has 0 aliphatic carbocycles. The van der Waals surface area contributed by atoms with Gasteiger partial charge in [0.25, 0.3) is 0 Å². The van der Waals surface area contributed by atoms with Gasteiger partial charge in [0, 0.05) is 22.7 Å². The molecule has 3 heterocycles. The molecule has 188 valence electrons. The number of nitriles is 1. The lowest BCUT2D eigenvalue weighted by Gasteiger charge is -2.22. The van der Waals surface area contributed by atoms with E-state index in [1.165, 1.54) is 0 Å². The van der Waals surface area contributed by atoms with Gasteiger partial charge in [-0.05, 0) is 44.2 Å². The zero-order valence-electron chi connectivity index (χ0n) is 21.2. The first-order chi connectivity index (χ1) is 17.6. The topological polar surface area (TPSA) is 142 Å². The van der Waals surface area contributed by atoms with Crippen LogP contribution in [0.15, 0.2) is 54.7 Å². The van der Waals surface area contributed by atoms with Gasteiger partial charge in [0.1, 0.15) is 5.69 Å². The lowest BCUT2D eigenvalue weighted by molar-refractivity contribution is -0.138. The Morgan fingerprint density at radius 1 is 1.08 bits per heavy atom. The molecule has 10 heteroatoms. The zero-order chi connectivity index (χ0) is 26.6. The number of nitrogens with one attached hydrogen (secondary N) is 1. The molecule has 1 aromatic carbocycles. The summed E-state index contributed by atoms with van der Waals surface area (Å²) in [5.74, 6) is -0.414. The van der Waals surface area contributed by atoms with Gasteiger partial charge in [-0.1, -0.05) is 37.3 Å². The highest BCUT2D eigenvalue weighted by Crippen LogP contribution is 2.27. The number of carbonyl (C=O) groups is 1. The number of carboxylic acids is 1. The van der Waals surface area contributed by atoms with Crippen LogP contribution in [0.3, 0.4) is 0 Å². The smallest absolute Gasteiger partial charge is 0.304 e. The number of benzene rings is 1. The van der Waals surface area contributed by atoms with Crippen LogP contribution in [0, 0.1) is 11.3 Å². The first kappa shape index (κ1) is 25.4. The van der Waals surface area contributed by atoms with Gasteiger partial charge in [0.2, 0.25) is 5.95 Å². The Morgan fingerprint density at radius 3 is 2.57 bits per heavy atom. The molecule has 0 fully saturated rings. The Hall–Kier alpha value is -4.65. The third-order valence-corrected chi connectivity index (χ3v) is 5.65. The van der Waals surface area contributed by atoms with E-state index < -0.39 is 11.4 Å². The lowest BCUT2D eigenvalue weighted by Crippen LogP contribution is -2.23. The van der Waals surface area contributed by atoms with Crippen LogP contribution in [-0.2, 0) is 16.8 Å². The second kappa shape index (κ2) is 10.5. The maximum absolute atomic E-state index is 11.3. The van der Waals surface area contributed by atoms with Crippen molar-refractivity contribution < 1.29 is 9.90 Å². The quantitative estimate of drug-likeness (QED) is 0.347. The Labute approximate surface area is 215 Å². The molecule has 4 rings (SSSR count). The maximum atomic E-state index is 11.3. The summed E-state index contributed by atoms with van der Waals surface area (Å²) < 4.78 is 1.67. The molecule has 0 bridgehead atoms. The average molecular weight is 497 g/mol. The third kappa shape index (κ3) is 6.32. The number of rotatable bonds is 9. The van der Waals surface area contributed by atoms with E-state index in [2.05, 4.69) is 36.7 Å². The summed E-state index contributed by atoms with van der Waals surface area (Å²) in [5.41, 5.74) is 4.00. The van der Waals surface area contributed by atoms with E-state index in [1.54, 1.807) is 23.0 Å². The van der Waals surface area contributed by atoms with Crippen LogP contribution in [-0.4, -0.2) is 47.1 Å². The summed E-state index contributed by atoms with van der Waals surface area (Å²) in [4.78, 5) is 25.2. The van der Waals surface area contributed by atoms with Gasteiger partial charge in [-0.3, -0.25) is 9.78 Å². The standard InChI is InChI=1S/C27H28N8O2/c1-17(2)29-26-31-21(19-8-5-7-18(11-19)14-28)12-22(32-26)23-16-35(34-33-23)15-20-9-6-10-24(30-20)27(3,4)13-25(36)37/h5-12,16-17H,13,15H2,1-4H3,(H,36,37)(H,29,31,32). The molecular formula is C27H28N8O2. The molecule has 3 aromatic heterocycles. The monoisotopic (exact) mass is 496 g/mol.